The van der Waals surface area contributed by atoms with Crippen LogP contribution in [0.2, 0.25) is 0 Å². The SMILES string of the molecule is COc1ccc([C@H]2CNC(=O)C2)c2c1oc1ccccc12. The predicted octanol–water partition coefficient (Wildman–Crippen LogP) is 3.20. The second kappa shape index (κ2) is 4.52. The smallest absolute Gasteiger partial charge is 0.220 e. The van der Waals surface area contributed by atoms with Crippen LogP contribution in [0.1, 0.15) is 17.9 Å². The highest BCUT2D eigenvalue weighted by atomic mass is 16.5. The van der Waals surface area contributed by atoms with Crippen LogP contribution in [0.4, 0.5) is 0 Å². The Morgan fingerprint density at radius 1 is 1.24 bits per heavy atom. The Kier molecular flexibility index (Phi) is 2.64. The van der Waals surface area contributed by atoms with Crippen molar-refractivity contribution in [3.63, 3.8) is 0 Å². The fraction of sp³-hybridized carbons (Fsp3) is 0.235. The first kappa shape index (κ1) is 12.3. The highest BCUT2D eigenvalue weighted by Crippen LogP contribution is 2.40. The lowest BCUT2D eigenvalue weighted by atomic mass is 9.93. The Morgan fingerprint density at radius 2 is 2.10 bits per heavy atom. The van der Waals surface area contributed by atoms with Crippen LogP contribution >= 0.6 is 0 Å². The van der Waals surface area contributed by atoms with Gasteiger partial charge in [0.2, 0.25) is 5.91 Å². The van der Waals surface area contributed by atoms with E-state index < -0.39 is 0 Å². The third-order valence-corrected chi connectivity index (χ3v) is 4.16. The number of amides is 1. The van der Waals surface area contributed by atoms with Gasteiger partial charge >= 0.3 is 0 Å². The molecule has 21 heavy (non-hydrogen) atoms. The van der Waals surface area contributed by atoms with Crippen molar-refractivity contribution in [2.75, 3.05) is 13.7 Å². The number of benzene rings is 2. The van der Waals surface area contributed by atoms with Gasteiger partial charge in [0.25, 0.3) is 0 Å². The number of ether oxygens (including phenoxy) is 1. The van der Waals surface area contributed by atoms with Gasteiger partial charge in [0.1, 0.15) is 5.58 Å². The number of fused-ring (bicyclic) bond motifs is 3. The molecule has 0 unspecified atom stereocenters. The molecule has 1 aliphatic heterocycles. The van der Waals surface area contributed by atoms with E-state index in [9.17, 15) is 4.79 Å². The number of carbonyl (C=O) groups is 1. The van der Waals surface area contributed by atoms with E-state index in [1.165, 1.54) is 0 Å². The first-order valence-corrected chi connectivity index (χ1v) is 7.03. The van der Waals surface area contributed by atoms with Crippen molar-refractivity contribution < 1.29 is 13.9 Å². The van der Waals surface area contributed by atoms with E-state index in [1.807, 2.05) is 36.4 Å². The summed E-state index contributed by atoms with van der Waals surface area (Å²) in [5, 5.41) is 5.03. The van der Waals surface area contributed by atoms with E-state index in [0.717, 1.165) is 33.3 Å². The van der Waals surface area contributed by atoms with Crippen LogP contribution in [-0.2, 0) is 4.79 Å². The standard InChI is InChI=1S/C17H15NO3/c1-20-14-7-6-11(10-8-15(19)18-9-10)16-12-4-2-3-5-13(12)21-17(14)16/h2-7,10H,8-9H2,1H3,(H,18,19)/t10-/m1/s1. The molecule has 0 spiro atoms. The molecule has 1 saturated heterocycles. The topological polar surface area (TPSA) is 51.5 Å². The molecular weight excluding hydrogens is 266 g/mol. The fourth-order valence-electron chi connectivity index (χ4n) is 3.16. The number of furan rings is 1. The molecule has 0 saturated carbocycles. The van der Waals surface area contributed by atoms with Crippen molar-refractivity contribution in [1.29, 1.82) is 0 Å². The molecule has 2 aromatic carbocycles. The summed E-state index contributed by atoms with van der Waals surface area (Å²) in [5.74, 6) is 1.02. The second-order valence-corrected chi connectivity index (χ2v) is 5.36. The van der Waals surface area contributed by atoms with Crippen molar-refractivity contribution in [2.24, 2.45) is 0 Å². The van der Waals surface area contributed by atoms with E-state index in [0.29, 0.717) is 13.0 Å². The monoisotopic (exact) mass is 281 g/mol. The molecule has 1 N–H and O–H groups in total. The van der Waals surface area contributed by atoms with Crippen molar-refractivity contribution >= 4 is 27.8 Å². The second-order valence-electron chi connectivity index (χ2n) is 5.36. The third-order valence-electron chi connectivity index (χ3n) is 4.16. The predicted molar refractivity (Wildman–Crippen MR) is 80.6 cm³/mol. The number of hydrogen-bond donors (Lipinski definition) is 1. The lowest BCUT2D eigenvalue weighted by molar-refractivity contribution is -0.119. The molecule has 0 radical (unpaired) electrons. The van der Waals surface area contributed by atoms with Gasteiger partial charge in [-0.1, -0.05) is 24.3 Å². The van der Waals surface area contributed by atoms with Crippen LogP contribution in [0.5, 0.6) is 5.75 Å². The summed E-state index contributed by atoms with van der Waals surface area (Å²) in [6.07, 6.45) is 0.529. The number of hydrogen-bond acceptors (Lipinski definition) is 3. The zero-order chi connectivity index (χ0) is 14.4. The molecule has 1 aliphatic rings. The summed E-state index contributed by atoms with van der Waals surface area (Å²) >= 11 is 0. The van der Waals surface area contributed by atoms with Crippen LogP contribution in [0, 0.1) is 0 Å². The van der Waals surface area contributed by atoms with E-state index in [2.05, 4.69) is 5.32 Å². The zero-order valence-electron chi connectivity index (χ0n) is 11.7. The van der Waals surface area contributed by atoms with Gasteiger partial charge < -0.3 is 14.5 Å². The molecule has 1 atom stereocenters. The van der Waals surface area contributed by atoms with E-state index >= 15 is 0 Å². The van der Waals surface area contributed by atoms with Crippen LogP contribution in [0.25, 0.3) is 21.9 Å². The number of carbonyl (C=O) groups excluding carboxylic acids is 1. The number of rotatable bonds is 2. The van der Waals surface area contributed by atoms with Crippen LogP contribution in [0.15, 0.2) is 40.8 Å². The molecule has 3 aromatic rings. The van der Waals surface area contributed by atoms with Crippen molar-refractivity contribution in [3.05, 3.63) is 42.0 Å². The maximum absolute atomic E-state index is 11.5. The largest absolute Gasteiger partial charge is 0.493 e. The van der Waals surface area contributed by atoms with Gasteiger partial charge in [-0.05, 0) is 17.7 Å². The van der Waals surface area contributed by atoms with E-state index in [4.69, 9.17) is 9.15 Å². The maximum atomic E-state index is 11.5. The van der Waals surface area contributed by atoms with Gasteiger partial charge in [0.15, 0.2) is 11.3 Å². The lowest BCUT2D eigenvalue weighted by Crippen LogP contribution is -2.13. The van der Waals surface area contributed by atoms with Gasteiger partial charge in [0, 0.05) is 29.7 Å². The first-order valence-electron chi connectivity index (χ1n) is 7.03. The highest BCUT2D eigenvalue weighted by Gasteiger charge is 2.27. The summed E-state index contributed by atoms with van der Waals surface area (Å²) in [6.45, 7) is 0.680. The molecular formula is C17H15NO3. The average Bonchev–Trinajstić information content (AvgIpc) is 3.10. The van der Waals surface area contributed by atoms with Gasteiger partial charge in [0.05, 0.1) is 7.11 Å². The highest BCUT2D eigenvalue weighted by molar-refractivity contribution is 6.09. The van der Waals surface area contributed by atoms with Gasteiger partial charge in [-0.25, -0.2) is 0 Å². The molecule has 2 heterocycles. The minimum atomic E-state index is 0.108. The lowest BCUT2D eigenvalue weighted by Gasteiger charge is -2.11. The summed E-state index contributed by atoms with van der Waals surface area (Å²) in [5.41, 5.74) is 2.75. The third kappa shape index (κ3) is 1.79. The molecule has 4 heteroatoms. The summed E-state index contributed by atoms with van der Waals surface area (Å²) < 4.78 is 11.4. The molecule has 0 bridgehead atoms. The number of nitrogens with one attached hydrogen (secondary N) is 1. The van der Waals surface area contributed by atoms with Crippen molar-refractivity contribution in [1.82, 2.24) is 5.32 Å². The molecule has 1 fully saturated rings. The molecule has 106 valence electrons. The Balaban J connectivity index is 2.04. The normalized spacial score (nSPS) is 18.3. The van der Waals surface area contributed by atoms with Crippen LogP contribution < -0.4 is 10.1 Å². The summed E-state index contributed by atoms with van der Waals surface area (Å²) in [4.78, 5) is 11.5. The number of methoxy groups -OCH3 is 1. The first-order chi connectivity index (χ1) is 10.3. The van der Waals surface area contributed by atoms with Gasteiger partial charge in [-0.3, -0.25) is 4.79 Å². The Morgan fingerprint density at radius 3 is 2.86 bits per heavy atom. The fourth-order valence-corrected chi connectivity index (χ4v) is 3.16. The summed E-state index contributed by atoms with van der Waals surface area (Å²) in [7, 11) is 1.64. The Labute approximate surface area is 121 Å². The molecule has 0 aliphatic carbocycles. The minimum Gasteiger partial charge on any atom is -0.493 e. The minimum absolute atomic E-state index is 0.108. The molecule has 1 amide bonds. The Bertz CT molecular complexity index is 850. The molecule has 1 aromatic heterocycles. The average molecular weight is 281 g/mol. The van der Waals surface area contributed by atoms with E-state index in [1.54, 1.807) is 7.11 Å². The van der Waals surface area contributed by atoms with Crippen molar-refractivity contribution in [3.8, 4) is 5.75 Å². The van der Waals surface area contributed by atoms with Crippen molar-refractivity contribution in [2.45, 2.75) is 12.3 Å². The van der Waals surface area contributed by atoms with E-state index in [-0.39, 0.29) is 11.8 Å². The Hall–Kier alpha value is -2.49. The van der Waals surface area contributed by atoms with Crippen LogP contribution in [0.3, 0.4) is 0 Å². The quantitative estimate of drug-likeness (QED) is 0.784. The van der Waals surface area contributed by atoms with Gasteiger partial charge in [-0.2, -0.15) is 0 Å². The molecule has 4 rings (SSSR count). The van der Waals surface area contributed by atoms with Gasteiger partial charge in [-0.15, -0.1) is 0 Å². The summed E-state index contributed by atoms with van der Waals surface area (Å²) in [6, 6.07) is 11.9. The maximum Gasteiger partial charge on any atom is 0.220 e. The zero-order valence-corrected chi connectivity index (χ0v) is 11.7. The molecule has 4 nitrogen and oxygen atoms in total. The van der Waals surface area contributed by atoms with Crippen LogP contribution in [-0.4, -0.2) is 19.6 Å². The number of para-hydroxylation sites is 1.